The van der Waals surface area contributed by atoms with Crippen LogP contribution in [0.1, 0.15) is 5.69 Å². The van der Waals surface area contributed by atoms with E-state index < -0.39 is 11.9 Å². The van der Waals surface area contributed by atoms with Crippen molar-refractivity contribution in [3.63, 3.8) is 0 Å². The van der Waals surface area contributed by atoms with Crippen LogP contribution in [0, 0.1) is 0 Å². The molecule has 0 spiro atoms. The lowest BCUT2D eigenvalue weighted by atomic mass is 10.2. The Morgan fingerprint density at radius 1 is 0.962 bits per heavy atom. The summed E-state index contributed by atoms with van der Waals surface area (Å²) in [4.78, 5) is 11.3. The summed E-state index contributed by atoms with van der Waals surface area (Å²) < 4.78 is 40.7. The van der Waals surface area contributed by atoms with Crippen LogP contribution < -0.4 is 9.80 Å². The van der Waals surface area contributed by atoms with Crippen molar-refractivity contribution in [3.8, 4) is 5.75 Å². The topological polar surface area (TPSA) is 69.8 Å². The summed E-state index contributed by atoms with van der Waals surface area (Å²) in [5, 5.41) is 13.4. The van der Waals surface area contributed by atoms with Crippen LogP contribution in [-0.4, -0.2) is 50.9 Å². The number of anilines is 2. The Balaban J connectivity index is 1.59. The van der Waals surface area contributed by atoms with Gasteiger partial charge in [0.05, 0.1) is 0 Å². The largest absolute Gasteiger partial charge is 0.508 e. The van der Waals surface area contributed by atoms with Gasteiger partial charge in [0.25, 0.3) is 5.78 Å². The normalized spacial score (nSPS) is 15.7. The number of rotatable bonds is 2. The molecule has 0 atom stereocenters. The minimum absolute atomic E-state index is 0.0733. The summed E-state index contributed by atoms with van der Waals surface area (Å²) in [5.41, 5.74) is -0.0203. The van der Waals surface area contributed by atoms with Crippen LogP contribution in [-0.2, 0) is 6.18 Å². The highest BCUT2D eigenvalue weighted by atomic mass is 19.4. The molecule has 7 nitrogen and oxygen atoms in total. The van der Waals surface area contributed by atoms with Crippen LogP contribution in [0.4, 0.5) is 24.7 Å². The van der Waals surface area contributed by atoms with Crippen LogP contribution >= 0.6 is 0 Å². The number of benzene rings is 1. The molecule has 3 heterocycles. The number of fused-ring (bicyclic) bond motifs is 1. The zero-order chi connectivity index (χ0) is 18.3. The first-order valence-corrected chi connectivity index (χ1v) is 7.99. The third-order valence-electron chi connectivity index (χ3n) is 4.34. The molecule has 0 radical (unpaired) electrons. The monoisotopic (exact) mass is 364 g/mol. The molecule has 4 rings (SSSR count). The molecule has 10 heteroatoms. The zero-order valence-electron chi connectivity index (χ0n) is 13.6. The summed E-state index contributed by atoms with van der Waals surface area (Å²) in [6.07, 6.45) is -3.35. The quantitative estimate of drug-likeness (QED) is 0.752. The van der Waals surface area contributed by atoms with Crippen molar-refractivity contribution < 1.29 is 18.3 Å². The number of piperazine rings is 1. The molecule has 0 bridgehead atoms. The van der Waals surface area contributed by atoms with Gasteiger partial charge in [-0.05, 0) is 24.3 Å². The van der Waals surface area contributed by atoms with Crippen molar-refractivity contribution >= 4 is 17.3 Å². The van der Waals surface area contributed by atoms with E-state index in [1.807, 2.05) is 17.0 Å². The number of halogens is 3. The van der Waals surface area contributed by atoms with E-state index in [1.54, 1.807) is 12.1 Å². The predicted molar refractivity (Wildman–Crippen MR) is 88.3 cm³/mol. The first-order chi connectivity index (χ1) is 12.4. The molecule has 0 unspecified atom stereocenters. The van der Waals surface area contributed by atoms with Gasteiger partial charge in [-0.2, -0.15) is 27.8 Å². The molecule has 0 aliphatic carbocycles. The van der Waals surface area contributed by atoms with Gasteiger partial charge in [0.1, 0.15) is 17.9 Å². The Kier molecular flexibility index (Phi) is 3.82. The van der Waals surface area contributed by atoms with E-state index in [0.717, 1.165) is 11.8 Å². The van der Waals surface area contributed by atoms with E-state index in [0.29, 0.717) is 32.0 Å². The molecule has 136 valence electrons. The summed E-state index contributed by atoms with van der Waals surface area (Å²) in [6.45, 7) is 2.31. The van der Waals surface area contributed by atoms with Crippen LogP contribution in [0.2, 0.25) is 0 Å². The lowest BCUT2D eigenvalue weighted by molar-refractivity contribution is -0.141. The average Bonchev–Trinajstić information content (AvgIpc) is 3.10. The van der Waals surface area contributed by atoms with Crippen molar-refractivity contribution in [3.05, 3.63) is 42.4 Å². The Labute approximate surface area is 146 Å². The van der Waals surface area contributed by atoms with E-state index in [2.05, 4.69) is 20.0 Å². The molecular weight excluding hydrogens is 349 g/mol. The number of alkyl halides is 3. The number of phenolic OH excluding ortho intramolecular Hbond substituents is 1. The average molecular weight is 364 g/mol. The third-order valence-corrected chi connectivity index (χ3v) is 4.34. The highest BCUT2D eigenvalue weighted by molar-refractivity contribution is 5.53. The van der Waals surface area contributed by atoms with E-state index in [4.69, 9.17) is 0 Å². The Morgan fingerprint density at radius 2 is 1.62 bits per heavy atom. The van der Waals surface area contributed by atoms with E-state index in [-0.39, 0.29) is 11.5 Å². The summed E-state index contributed by atoms with van der Waals surface area (Å²) >= 11 is 0. The number of aromatic nitrogens is 4. The minimum Gasteiger partial charge on any atom is -0.508 e. The highest BCUT2D eigenvalue weighted by Crippen LogP contribution is 2.31. The first-order valence-electron chi connectivity index (χ1n) is 7.99. The maximum Gasteiger partial charge on any atom is 0.433 e. The Hall–Kier alpha value is -3.04. The summed E-state index contributed by atoms with van der Waals surface area (Å²) in [6, 6.07) is 7.86. The molecule has 1 aliphatic heterocycles. The molecule has 0 amide bonds. The van der Waals surface area contributed by atoms with Crippen molar-refractivity contribution in [2.75, 3.05) is 36.0 Å². The van der Waals surface area contributed by atoms with Crippen molar-refractivity contribution in [2.24, 2.45) is 0 Å². The fourth-order valence-electron chi connectivity index (χ4n) is 3.02. The van der Waals surface area contributed by atoms with Gasteiger partial charge in [-0.15, -0.1) is 0 Å². The Morgan fingerprint density at radius 3 is 2.27 bits per heavy atom. The van der Waals surface area contributed by atoms with E-state index >= 15 is 0 Å². The van der Waals surface area contributed by atoms with Crippen LogP contribution in [0.3, 0.4) is 0 Å². The van der Waals surface area contributed by atoms with Crippen molar-refractivity contribution in [2.45, 2.75) is 6.18 Å². The predicted octanol–water partition coefficient (Wildman–Crippen LogP) is 2.18. The van der Waals surface area contributed by atoms with Gasteiger partial charge in [0, 0.05) is 37.9 Å². The lowest BCUT2D eigenvalue weighted by Crippen LogP contribution is -2.47. The second-order valence-corrected chi connectivity index (χ2v) is 5.96. The summed E-state index contributed by atoms with van der Waals surface area (Å²) in [5.74, 6) is 0.443. The molecular formula is C16H15F3N6O. The fourth-order valence-corrected chi connectivity index (χ4v) is 3.02. The Bertz CT molecular complexity index is 916. The van der Waals surface area contributed by atoms with Gasteiger partial charge in [0.2, 0.25) is 0 Å². The molecule has 1 N–H and O–H groups in total. The van der Waals surface area contributed by atoms with Crippen LogP contribution in [0.5, 0.6) is 5.75 Å². The number of phenols is 1. The molecule has 26 heavy (non-hydrogen) atoms. The van der Waals surface area contributed by atoms with Gasteiger partial charge in [0.15, 0.2) is 5.69 Å². The SMILES string of the molecule is Oc1ccc(N2CCN(c3cc(C(F)(F)F)nc4ncnn34)CC2)cc1. The first kappa shape index (κ1) is 16.4. The molecule has 1 fully saturated rings. The molecule has 3 aromatic rings. The number of nitrogens with zero attached hydrogens (tertiary/aromatic N) is 6. The fraction of sp³-hybridized carbons (Fsp3) is 0.312. The molecule has 1 aromatic carbocycles. The molecule has 2 aromatic heterocycles. The van der Waals surface area contributed by atoms with Gasteiger partial charge in [-0.1, -0.05) is 0 Å². The van der Waals surface area contributed by atoms with Crippen molar-refractivity contribution in [1.82, 2.24) is 19.6 Å². The maximum atomic E-state index is 13.1. The number of hydrogen-bond donors (Lipinski definition) is 1. The highest BCUT2D eigenvalue weighted by Gasteiger charge is 2.35. The van der Waals surface area contributed by atoms with Gasteiger partial charge in [-0.25, -0.2) is 4.98 Å². The van der Waals surface area contributed by atoms with E-state index in [1.165, 1.54) is 10.8 Å². The van der Waals surface area contributed by atoms with Gasteiger partial charge < -0.3 is 14.9 Å². The molecule has 1 saturated heterocycles. The third kappa shape index (κ3) is 2.98. The van der Waals surface area contributed by atoms with Gasteiger partial charge >= 0.3 is 6.18 Å². The van der Waals surface area contributed by atoms with Crippen LogP contribution in [0.25, 0.3) is 5.78 Å². The minimum atomic E-state index is -4.55. The second-order valence-electron chi connectivity index (χ2n) is 5.96. The zero-order valence-corrected chi connectivity index (χ0v) is 13.6. The second kappa shape index (κ2) is 6.04. The lowest BCUT2D eigenvalue weighted by Gasteiger charge is -2.37. The number of hydrogen-bond acceptors (Lipinski definition) is 6. The maximum absolute atomic E-state index is 13.1. The van der Waals surface area contributed by atoms with Gasteiger partial charge in [-0.3, -0.25) is 0 Å². The smallest absolute Gasteiger partial charge is 0.433 e. The summed E-state index contributed by atoms with van der Waals surface area (Å²) in [7, 11) is 0. The molecule has 0 saturated carbocycles. The van der Waals surface area contributed by atoms with Crippen molar-refractivity contribution in [1.29, 1.82) is 0 Å². The standard InChI is InChI=1S/C16H15F3N6O/c17-16(18,19)13-9-14(25-15(22-13)20-10-21-25)24-7-5-23(6-8-24)11-1-3-12(26)4-2-11/h1-4,9-10,26H,5-8H2. The molecule has 1 aliphatic rings. The number of aromatic hydroxyl groups is 1. The van der Waals surface area contributed by atoms with Crippen LogP contribution in [0.15, 0.2) is 36.7 Å². The van der Waals surface area contributed by atoms with E-state index in [9.17, 15) is 18.3 Å².